The third-order valence-electron chi connectivity index (χ3n) is 4.07. The van der Waals surface area contributed by atoms with Gasteiger partial charge in [0.05, 0.1) is 4.90 Å². The van der Waals surface area contributed by atoms with E-state index in [0.717, 1.165) is 6.08 Å². The van der Waals surface area contributed by atoms with E-state index in [4.69, 9.17) is 0 Å². The Bertz CT molecular complexity index is 1120. The molecular formula is C19H14O7S. The van der Waals surface area contributed by atoms with Crippen molar-refractivity contribution >= 4 is 27.3 Å². The second-order valence-corrected chi connectivity index (χ2v) is 7.33. The first kappa shape index (κ1) is 18.6. The average molecular weight is 386 g/mol. The third-order valence-corrected chi connectivity index (χ3v) is 4.92. The van der Waals surface area contributed by atoms with E-state index in [0.29, 0.717) is 22.3 Å². The van der Waals surface area contributed by atoms with E-state index in [2.05, 4.69) is 0 Å². The van der Waals surface area contributed by atoms with Gasteiger partial charge in [0.1, 0.15) is 0 Å². The minimum Gasteiger partial charge on any atom is -0.504 e. The molecule has 0 amide bonds. The van der Waals surface area contributed by atoms with Crippen LogP contribution >= 0.6 is 0 Å². The number of allylic oxidation sites excluding steroid dienone is 3. The monoisotopic (exact) mass is 386 g/mol. The average Bonchev–Trinajstić information content (AvgIpc) is 2.61. The van der Waals surface area contributed by atoms with Gasteiger partial charge in [0, 0.05) is 6.42 Å². The van der Waals surface area contributed by atoms with Crippen LogP contribution in [0.1, 0.15) is 17.5 Å². The Kier molecular flexibility index (Phi) is 4.69. The second-order valence-electron chi connectivity index (χ2n) is 5.90. The van der Waals surface area contributed by atoms with Crippen molar-refractivity contribution in [3.05, 3.63) is 71.3 Å². The van der Waals surface area contributed by atoms with Gasteiger partial charge in [-0.1, -0.05) is 24.3 Å². The fourth-order valence-electron chi connectivity index (χ4n) is 2.79. The number of hydrogen-bond acceptors (Lipinski definition) is 6. The molecule has 3 N–H and O–H groups in total. The van der Waals surface area contributed by atoms with Gasteiger partial charge in [-0.05, 0) is 52.6 Å². The van der Waals surface area contributed by atoms with Crippen LogP contribution in [0.15, 0.2) is 65.1 Å². The van der Waals surface area contributed by atoms with E-state index < -0.39 is 27.4 Å². The van der Waals surface area contributed by atoms with Crippen LogP contribution in [0.4, 0.5) is 0 Å². The fourth-order valence-corrected chi connectivity index (χ4v) is 3.31. The summed E-state index contributed by atoms with van der Waals surface area (Å²) in [6.07, 6.45) is 2.36. The van der Waals surface area contributed by atoms with Gasteiger partial charge in [-0.3, -0.25) is 14.1 Å². The maximum Gasteiger partial charge on any atom is 0.294 e. The van der Waals surface area contributed by atoms with Crippen molar-refractivity contribution in [3.8, 4) is 11.5 Å². The Morgan fingerprint density at radius 1 is 0.889 bits per heavy atom. The number of phenolic OH excluding ortho intramolecular Hbond substituents is 2. The molecule has 7 nitrogen and oxygen atoms in total. The first-order chi connectivity index (χ1) is 12.7. The van der Waals surface area contributed by atoms with Crippen LogP contribution in [-0.2, 0) is 19.7 Å². The summed E-state index contributed by atoms with van der Waals surface area (Å²) < 4.78 is 32.2. The van der Waals surface area contributed by atoms with Crippen molar-refractivity contribution in [1.82, 2.24) is 0 Å². The molecule has 0 spiro atoms. The number of carbonyl (C=O) groups excluding carboxylic acids is 2. The van der Waals surface area contributed by atoms with E-state index in [-0.39, 0.29) is 17.1 Å². The maximum atomic E-state index is 11.9. The van der Waals surface area contributed by atoms with Crippen molar-refractivity contribution in [1.29, 1.82) is 0 Å². The lowest BCUT2D eigenvalue weighted by molar-refractivity contribution is -0.133. The lowest BCUT2D eigenvalue weighted by Gasteiger charge is -2.16. The van der Waals surface area contributed by atoms with Crippen LogP contribution in [0.2, 0.25) is 0 Å². The molecule has 0 heterocycles. The van der Waals surface area contributed by atoms with E-state index in [1.165, 1.54) is 42.5 Å². The van der Waals surface area contributed by atoms with Crippen LogP contribution in [0.25, 0.3) is 5.57 Å². The number of benzene rings is 2. The van der Waals surface area contributed by atoms with Crippen LogP contribution in [0, 0.1) is 0 Å². The van der Waals surface area contributed by atoms with Crippen LogP contribution in [-0.4, -0.2) is 34.8 Å². The smallest absolute Gasteiger partial charge is 0.294 e. The number of aromatic hydroxyl groups is 2. The lowest BCUT2D eigenvalue weighted by atomic mass is 9.87. The number of Topliss-reactive ketones (excluding diaryl/α,β-unsaturated/α-hetero) is 1. The van der Waals surface area contributed by atoms with Gasteiger partial charge in [0.2, 0.25) is 11.6 Å². The molecule has 27 heavy (non-hydrogen) atoms. The zero-order valence-electron chi connectivity index (χ0n) is 13.8. The number of rotatable bonds is 3. The quantitative estimate of drug-likeness (QED) is 0.419. The minimum atomic E-state index is -4.46. The van der Waals surface area contributed by atoms with Gasteiger partial charge in [-0.15, -0.1) is 0 Å². The second kappa shape index (κ2) is 6.82. The zero-order valence-corrected chi connectivity index (χ0v) is 14.6. The molecule has 0 unspecified atom stereocenters. The van der Waals surface area contributed by atoms with E-state index in [9.17, 15) is 32.8 Å². The topological polar surface area (TPSA) is 129 Å². The largest absolute Gasteiger partial charge is 0.504 e. The van der Waals surface area contributed by atoms with Gasteiger partial charge in [-0.25, -0.2) is 0 Å². The Morgan fingerprint density at radius 3 is 2.22 bits per heavy atom. The minimum absolute atomic E-state index is 0.206. The highest BCUT2D eigenvalue weighted by atomic mass is 32.2. The van der Waals surface area contributed by atoms with Crippen molar-refractivity contribution < 1.29 is 32.8 Å². The molecule has 0 bridgehead atoms. The van der Waals surface area contributed by atoms with Crippen molar-refractivity contribution in [3.63, 3.8) is 0 Å². The highest BCUT2D eigenvalue weighted by Gasteiger charge is 2.22. The highest BCUT2D eigenvalue weighted by molar-refractivity contribution is 7.85. The Balaban J connectivity index is 2.29. The molecular weight excluding hydrogens is 372 g/mol. The van der Waals surface area contributed by atoms with Gasteiger partial charge < -0.3 is 10.2 Å². The lowest BCUT2D eigenvalue weighted by Crippen LogP contribution is -2.16. The first-order valence-corrected chi connectivity index (χ1v) is 9.19. The molecule has 138 valence electrons. The molecule has 2 aromatic carbocycles. The van der Waals surface area contributed by atoms with Crippen molar-refractivity contribution in [2.24, 2.45) is 0 Å². The summed E-state index contributed by atoms with van der Waals surface area (Å²) >= 11 is 0. The Morgan fingerprint density at radius 2 is 1.59 bits per heavy atom. The van der Waals surface area contributed by atoms with Crippen molar-refractivity contribution in [2.45, 2.75) is 11.3 Å². The summed E-state index contributed by atoms with van der Waals surface area (Å²) in [5, 5.41) is 19.4. The summed E-state index contributed by atoms with van der Waals surface area (Å²) in [5.74, 6) is -2.02. The fraction of sp³-hybridized carbons (Fsp3) is 0.0526. The van der Waals surface area contributed by atoms with Gasteiger partial charge in [0.25, 0.3) is 10.1 Å². The standard InChI is InChI=1S/C19H14O7S/c20-15-6-4-12(9-17(15)22)19(13-5-7-16(21)18(23)10-13)11-2-1-3-14(8-11)27(24,25)26/h1-9,20,22H,10H2,(H,24,25,26). The molecule has 0 saturated heterocycles. The third kappa shape index (κ3) is 3.81. The maximum absolute atomic E-state index is 11.9. The van der Waals surface area contributed by atoms with Crippen LogP contribution in [0.3, 0.4) is 0 Å². The van der Waals surface area contributed by atoms with E-state index >= 15 is 0 Å². The molecule has 1 aliphatic carbocycles. The normalized spacial score (nSPS) is 16.5. The summed E-state index contributed by atoms with van der Waals surface area (Å²) in [6.45, 7) is 0. The van der Waals surface area contributed by atoms with E-state index in [1.807, 2.05) is 0 Å². The predicted octanol–water partition coefficient (Wildman–Crippen LogP) is 2.24. The molecule has 0 saturated carbocycles. The van der Waals surface area contributed by atoms with E-state index in [1.54, 1.807) is 6.07 Å². The Hall–Kier alpha value is -3.23. The number of phenols is 2. The van der Waals surface area contributed by atoms with Gasteiger partial charge >= 0.3 is 0 Å². The molecule has 0 fully saturated rings. The molecule has 3 rings (SSSR count). The summed E-state index contributed by atoms with van der Waals surface area (Å²) in [6, 6.07) is 9.39. The molecule has 8 heteroatoms. The zero-order chi connectivity index (χ0) is 19.8. The number of ketones is 2. The van der Waals surface area contributed by atoms with Gasteiger partial charge in [0.15, 0.2) is 11.5 Å². The molecule has 0 radical (unpaired) electrons. The van der Waals surface area contributed by atoms with Gasteiger partial charge in [-0.2, -0.15) is 8.42 Å². The first-order valence-electron chi connectivity index (χ1n) is 7.75. The summed E-state index contributed by atoms with van der Waals surface area (Å²) in [7, 11) is -4.46. The van der Waals surface area contributed by atoms with Crippen LogP contribution < -0.4 is 0 Å². The Labute approximate surface area is 154 Å². The number of hydrogen-bond donors (Lipinski definition) is 3. The molecule has 1 aliphatic rings. The predicted molar refractivity (Wildman–Crippen MR) is 95.8 cm³/mol. The number of carbonyl (C=O) groups is 2. The summed E-state index contributed by atoms with van der Waals surface area (Å²) in [5.41, 5.74) is 1.54. The molecule has 0 aliphatic heterocycles. The highest BCUT2D eigenvalue weighted by Crippen LogP contribution is 2.35. The molecule has 0 aromatic heterocycles. The summed E-state index contributed by atoms with van der Waals surface area (Å²) in [4.78, 5) is 23.0. The molecule has 0 atom stereocenters. The SMILES string of the molecule is O=C1C=CC(=C(c2cccc(S(=O)(=O)O)c2)c2ccc(O)c(O)c2)CC1=O. The van der Waals surface area contributed by atoms with Crippen molar-refractivity contribution in [2.75, 3.05) is 0 Å². The van der Waals surface area contributed by atoms with Crippen LogP contribution in [0.5, 0.6) is 11.5 Å². The molecule has 2 aromatic rings.